The lowest BCUT2D eigenvalue weighted by atomic mass is 9.98. The van der Waals surface area contributed by atoms with Gasteiger partial charge in [-0.25, -0.2) is 0 Å². The number of benzene rings is 2. The van der Waals surface area contributed by atoms with Crippen LogP contribution in [0.15, 0.2) is 48.5 Å². The molecule has 2 aromatic carbocycles. The minimum atomic E-state index is 0.110. The van der Waals surface area contributed by atoms with Crippen molar-refractivity contribution >= 4 is 0 Å². The Labute approximate surface area is 121 Å². The van der Waals surface area contributed by atoms with Crippen molar-refractivity contribution in [1.82, 2.24) is 0 Å². The molecule has 0 aliphatic carbocycles. The van der Waals surface area contributed by atoms with E-state index in [2.05, 4.69) is 37.3 Å². The number of hydrogen-bond donors (Lipinski definition) is 1. The van der Waals surface area contributed by atoms with Gasteiger partial charge >= 0.3 is 0 Å². The second kappa shape index (κ2) is 7.11. The van der Waals surface area contributed by atoms with Crippen LogP contribution in [0.2, 0.25) is 0 Å². The Hall–Kier alpha value is -1.80. The van der Waals surface area contributed by atoms with E-state index in [-0.39, 0.29) is 6.04 Å². The molecule has 106 valence electrons. The first-order valence-electron chi connectivity index (χ1n) is 7.21. The molecule has 0 saturated carbocycles. The van der Waals surface area contributed by atoms with Gasteiger partial charge in [0.2, 0.25) is 0 Å². The van der Waals surface area contributed by atoms with Gasteiger partial charge < -0.3 is 10.5 Å². The molecular weight excluding hydrogens is 246 g/mol. The topological polar surface area (TPSA) is 35.2 Å². The van der Waals surface area contributed by atoms with E-state index in [1.54, 1.807) is 0 Å². The molecule has 0 saturated heterocycles. The second-order valence-corrected chi connectivity index (χ2v) is 5.20. The Kier molecular flexibility index (Phi) is 5.19. The minimum Gasteiger partial charge on any atom is -0.494 e. The summed E-state index contributed by atoms with van der Waals surface area (Å²) in [6, 6.07) is 16.8. The molecule has 0 aromatic heterocycles. The number of hydrogen-bond acceptors (Lipinski definition) is 2. The Morgan fingerprint density at radius 3 is 2.60 bits per heavy atom. The first kappa shape index (κ1) is 14.6. The maximum absolute atomic E-state index is 6.30. The average Bonchev–Trinajstić information content (AvgIpc) is 2.41. The van der Waals surface area contributed by atoms with Crippen LogP contribution in [-0.2, 0) is 12.8 Å². The lowest BCUT2D eigenvalue weighted by Gasteiger charge is -2.15. The van der Waals surface area contributed by atoms with Gasteiger partial charge in [0, 0.05) is 6.04 Å². The quantitative estimate of drug-likeness (QED) is 0.871. The zero-order chi connectivity index (χ0) is 14.4. The zero-order valence-corrected chi connectivity index (χ0v) is 12.3. The highest BCUT2D eigenvalue weighted by molar-refractivity contribution is 5.34. The van der Waals surface area contributed by atoms with E-state index < -0.39 is 0 Å². The van der Waals surface area contributed by atoms with E-state index in [4.69, 9.17) is 10.5 Å². The van der Waals surface area contributed by atoms with E-state index in [0.29, 0.717) is 6.61 Å². The molecule has 0 aliphatic heterocycles. The summed E-state index contributed by atoms with van der Waals surface area (Å²) in [5, 5.41) is 0. The standard InChI is InChI=1S/C18H23NO/c1-3-20-18-10-5-4-9-16(18)13-17(19)12-15-8-6-7-14(2)11-15/h4-11,17H,3,12-13,19H2,1-2H3. The monoisotopic (exact) mass is 269 g/mol. The van der Waals surface area contributed by atoms with Crippen LogP contribution in [0.3, 0.4) is 0 Å². The first-order valence-corrected chi connectivity index (χ1v) is 7.21. The van der Waals surface area contributed by atoms with Crippen LogP contribution in [0.25, 0.3) is 0 Å². The van der Waals surface area contributed by atoms with Crippen LogP contribution in [0.4, 0.5) is 0 Å². The number of para-hydroxylation sites is 1. The molecule has 0 spiro atoms. The molecule has 2 nitrogen and oxygen atoms in total. The van der Waals surface area contributed by atoms with E-state index in [1.807, 2.05) is 25.1 Å². The molecule has 1 atom stereocenters. The van der Waals surface area contributed by atoms with E-state index in [1.165, 1.54) is 16.7 Å². The van der Waals surface area contributed by atoms with Crippen molar-refractivity contribution in [1.29, 1.82) is 0 Å². The molecule has 0 heterocycles. The summed E-state index contributed by atoms with van der Waals surface area (Å²) >= 11 is 0. The molecule has 2 heteroatoms. The van der Waals surface area contributed by atoms with Crippen LogP contribution in [0.1, 0.15) is 23.6 Å². The fourth-order valence-electron chi connectivity index (χ4n) is 2.47. The largest absolute Gasteiger partial charge is 0.494 e. The Morgan fingerprint density at radius 2 is 1.85 bits per heavy atom. The predicted octanol–water partition coefficient (Wildman–Crippen LogP) is 3.51. The lowest BCUT2D eigenvalue weighted by Crippen LogP contribution is -2.25. The second-order valence-electron chi connectivity index (χ2n) is 5.20. The van der Waals surface area contributed by atoms with Gasteiger partial charge in [0.1, 0.15) is 5.75 Å². The van der Waals surface area contributed by atoms with Crippen molar-refractivity contribution in [2.75, 3.05) is 6.61 Å². The highest BCUT2D eigenvalue weighted by Crippen LogP contribution is 2.20. The van der Waals surface area contributed by atoms with Crippen molar-refractivity contribution in [2.24, 2.45) is 5.73 Å². The summed E-state index contributed by atoms with van der Waals surface area (Å²) in [5.74, 6) is 0.953. The Balaban J connectivity index is 2.02. The molecular formula is C18H23NO. The van der Waals surface area contributed by atoms with E-state index in [9.17, 15) is 0 Å². The summed E-state index contributed by atoms with van der Waals surface area (Å²) in [6.45, 7) is 4.80. The van der Waals surface area contributed by atoms with Gasteiger partial charge in [-0.3, -0.25) is 0 Å². The maximum atomic E-state index is 6.30. The van der Waals surface area contributed by atoms with E-state index >= 15 is 0 Å². The first-order chi connectivity index (χ1) is 9.69. The SMILES string of the molecule is CCOc1ccccc1CC(N)Cc1cccc(C)c1. The normalized spacial score (nSPS) is 12.2. The number of nitrogens with two attached hydrogens (primary N) is 1. The maximum Gasteiger partial charge on any atom is 0.122 e. The summed E-state index contributed by atoms with van der Waals surface area (Å²) < 4.78 is 5.65. The summed E-state index contributed by atoms with van der Waals surface area (Å²) in [6.07, 6.45) is 1.73. The minimum absolute atomic E-state index is 0.110. The van der Waals surface area contributed by atoms with Crippen LogP contribution >= 0.6 is 0 Å². The third-order valence-corrected chi connectivity index (χ3v) is 3.33. The van der Waals surface area contributed by atoms with Gasteiger partial charge in [-0.15, -0.1) is 0 Å². The molecule has 2 aromatic rings. The summed E-state index contributed by atoms with van der Waals surface area (Å²) in [7, 11) is 0. The molecule has 2 N–H and O–H groups in total. The van der Waals surface area contributed by atoms with Crippen molar-refractivity contribution in [3.05, 3.63) is 65.2 Å². The van der Waals surface area contributed by atoms with Crippen molar-refractivity contribution in [3.63, 3.8) is 0 Å². The van der Waals surface area contributed by atoms with Gasteiger partial charge in [-0.2, -0.15) is 0 Å². The Morgan fingerprint density at radius 1 is 1.05 bits per heavy atom. The molecule has 0 bridgehead atoms. The third kappa shape index (κ3) is 4.10. The van der Waals surface area contributed by atoms with Crippen LogP contribution in [-0.4, -0.2) is 12.6 Å². The fraction of sp³-hybridized carbons (Fsp3) is 0.333. The van der Waals surface area contributed by atoms with Gasteiger partial charge in [0.05, 0.1) is 6.61 Å². The molecule has 0 radical (unpaired) electrons. The highest BCUT2D eigenvalue weighted by atomic mass is 16.5. The van der Waals surface area contributed by atoms with Gasteiger partial charge in [-0.05, 0) is 43.9 Å². The van der Waals surface area contributed by atoms with Crippen molar-refractivity contribution < 1.29 is 4.74 Å². The molecule has 2 rings (SSSR count). The molecule has 20 heavy (non-hydrogen) atoms. The predicted molar refractivity (Wildman–Crippen MR) is 84.2 cm³/mol. The molecule has 0 fully saturated rings. The Bertz CT molecular complexity index is 551. The number of rotatable bonds is 6. The van der Waals surface area contributed by atoms with Crippen LogP contribution in [0, 0.1) is 6.92 Å². The lowest BCUT2D eigenvalue weighted by molar-refractivity contribution is 0.335. The zero-order valence-electron chi connectivity index (χ0n) is 12.3. The molecule has 1 unspecified atom stereocenters. The van der Waals surface area contributed by atoms with Crippen molar-refractivity contribution in [3.8, 4) is 5.75 Å². The summed E-state index contributed by atoms with van der Waals surface area (Å²) in [4.78, 5) is 0. The number of aryl methyl sites for hydroxylation is 1. The third-order valence-electron chi connectivity index (χ3n) is 3.33. The van der Waals surface area contributed by atoms with Gasteiger partial charge in [0.15, 0.2) is 0 Å². The average molecular weight is 269 g/mol. The number of ether oxygens (including phenoxy) is 1. The van der Waals surface area contributed by atoms with Gasteiger partial charge in [-0.1, -0.05) is 48.0 Å². The smallest absolute Gasteiger partial charge is 0.122 e. The van der Waals surface area contributed by atoms with Crippen LogP contribution < -0.4 is 10.5 Å². The van der Waals surface area contributed by atoms with E-state index in [0.717, 1.165) is 18.6 Å². The molecule has 0 amide bonds. The van der Waals surface area contributed by atoms with Crippen molar-refractivity contribution in [2.45, 2.75) is 32.7 Å². The van der Waals surface area contributed by atoms with Crippen LogP contribution in [0.5, 0.6) is 5.75 Å². The summed E-state index contributed by atoms with van der Waals surface area (Å²) in [5.41, 5.74) is 10.1. The van der Waals surface area contributed by atoms with Gasteiger partial charge in [0.25, 0.3) is 0 Å². The molecule has 0 aliphatic rings. The highest BCUT2D eigenvalue weighted by Gasteiger charge is 2.09. The fourth-order valence-corrected chi connectivity index (χ4v) is 2.47.